The van der Waals surface area contributed by atoms with Gasteiger partial charge in [0.2, 0.25) is 11.8 Å². The molecule has 0 spiro atoms. The van der Waals surface area contributed by atoms with Gasteiger partial charge in [-0.15, -0.1) is 0 Å². The van der Waals surface area contributed by atoms with Crippen molar-refractivity contribution in [1.82, 2.24) is 0 Å². The summed E-state index contributed by atoms with van der Waals surface area (Å²) in [5.41, 5.74) is -0.0460. The minimum atomic E-state index is -0.745. The number of carbonyl (C=O) groups excluding carboxylic acids is 2. The van der Waals surface area contributed by atoms with Gasteiger partial charge in [0, 0.05) is 6.07 Å². The average molecular weight is 299 g/mol. The molecule has 1 aromatic carbocycles. The summed E-state index contributed by atoms with van der Waals surface area (Å²) in [5.74, 6) is -0.905. The van der Waals surface area contributed by atoms with Crippen molar-refractivity contribution >= 4 is 17.5 Å². The van der Waals surface area contributed by atoms with E-state index in [9.17, 15) is 19.1 Å². The first-order chi connectivity index (χ1) is 10.6. The zero-order chi connectivity index (χ0) is 15.2. The van der Waals surface area contributed by atoms with Crippen LogP contribution in [0.4, 0.5) is 10.1 Å². The van der Waals surface area contributed by atoms with Gasteiger partial charge in [0.25, 0.3) is 0 Å². The fourth-order valence-corrected chi connectivity index (χ4v) is 4.87. The second kappa shape index (κ2) is 3.77. The van der Waals surface area contributed by atoms with Crippen LogP contribution in [0.15, 0.2) is 30.4 Å². The molecule has 1 N–H and O–H groups in total. The molecule has 112 valence electrons. The number of phenolic OH excluding ortho intramolecular Hbond substituents is 1. The van der Waals surface area contributed by atoms with Gasteiger partial charge in [0.1, 0.15) is 5.75 Å². The number of allylic oxidation sites excluding steroid dienone is 2. The molecule has 3 fully saturated rings. The molecule has 4 nitrogen and oxygen atoms in total. The molecule has 6 atom stereocenters. The van der Waals surface area contributed by atoms with E-state index in [4.69, 9.17) is 0 Å². The summed E-state index contributed by atoms with van der Waals surface area (Å²) in [4.78, 5) is 26.6. The summed E-state index contributed by atoms with van der Waals surface area (Å²) in [7, 11) is 0. The normalized spacial score (nSPS) is 40.9. The van der Waals surface area contributed by atoms with Gasteiger partial charge in [-0.3, -0.25) is 9.59 Å². The Morgan fingerprint density at radius 2 is 1.64 bits per heavy atom. The maximum absolute atomic E-state index is 14.1. The first kappa shape index (κ1) is 12.4. The van der Waals surface area contributed by atoms with Gasteiger partial charge >= 0.3 is 0 Å². The van der Waals surface area contributed by atoms with Crippen molar-refractivity contribution in [2.24, 2.45) is 35.5 Å². The molecule has 1 heterocycles. The summed E-state index contributed by atoms with van der Waals surface area (Å²) < 4.78 is 14.1. The highest BCUT2D eigenvalue weighted by Crippen LogP contribution is 2.65. The third kappa shape index (κ3) is 1.32. The molecule has 2 unspecified atom stereocenters. The first-order valence-corrected chi connectivity index (χ1v) is 7.62. The van der Waals surface area contributed by atoms with E-state index in [0.29, 0.717) is 11.8 Å². The van der Waals surface area contributed by atoms with Crippen molar-refractivity contribution in [3.63, 3.8) is 0 Å². The Morgan fingerprint density at radius 1 is 1.05 bits per heavy atom. The van der Waals surface area contributed by atoms with Crippen LogP contribution in [-0.4, -0.2) is 16.9 Å². The lowest BCUT2D eigenvalue weighted by molar-refractivity contribution is -0.124. The lowest BCUT2D eigenvalue weighted by Gasteiger charge is -2.37. The van der Waals surface area contributed by atoms with Gasteiger partial charge in [-0.2, -0.15) is 0 Å². The number of halogens is 1. The topological polar surface area (TPSA) is 57.6 Å². The highest BCUT2D eigenvalue weighted by atomic mass is 19.1. The molecule has 4 aliphatic carbocycles. The number of rotatable bonds is 1. The van der Waals surface area contributed by atoms with Crippen molar-refractivity contribution in [2.45, 2.75) is 6.42 Å². The lowest BCUT2D eigenvalue weighted by Crippen LogP contribution is -2.40. The molecule has 5 aliphatic rings. The molecular weight excluding hydrogens is 285 g/mol. The van der Waals surface area contributed by atoms with Crippen LogP contribution in [-0.2, 0) is 9.59 Å². The summed E-state index contributed by atoms with van der Waals surface area (Å²) in [6.45, 7) is 0. The van der Waals surface area contributed by atoms with Crippen LogP contribution < -0.4 is 4.90 Å². The van der Waals surface area contributed by atoms with Gasteiger partial charge < -0.3 is 5.11 Å². The molecule has 6 rings (SSSR count). The second-order valence-corrected chi connectivity index (χ2v) is 6.80. The van der Waals surface area contributed by atoms with Gasteiger partial charge in [0.05, 0.1) is 17.5 Å². The van der Waals surface area contributed by atoms with Crippen molar-refractivity contribution in [3.8, 4) is 5.75 Å². The van der Waals surface area contributed by atoms with Crippen molar-refractivity contribution in [1.29, 1.82) is 0 Å². The van der Waals surface area contributed by atoms with Crippen LogP contribution in [0.5, 0.6) is 5.75 Å². The fourth-order valence-electron chi connectivity index (χ4n) is 4.87. The highest BCUT2D eigenvalue weighted by molar-refractivity contribution is 6.22. The largest absolute Gasteiger partial charge is 0.508 e. The summed E-state index contributed by atoms with van der Waals surface area (Å²) in [6.07, 6.45) is 5.27. The molecule has 2 saturated carbocycles. The second-order valence-electron chi connectivity index (χ2n) is 6.80. The molecule has 1 aliphatic heterocycles. The quantitative estimate of drug-likeness (QED) is 0.638. The highest BCUT2D eigenvalue weighted by Gasteiger charge is 2.67. The SMILES string of the molecule is O=C1[C@@H]2[C@H](C(=O)N1c1ccc(O)cc1F)[C@@H]1C=C[C@H]2C2CC21. The molecule has 22 heavy (non-hydrogen) atoms. The number of imide groups is 1. The maximum Gasteiger partial charge on any atom is 0.238 e. The molecular formula is C17H14FNO3. The molecule has 2 amide bonds. The predicted molar refractivity (Wildman–Crippen MR) is 75.3 cm³/mol. The molecule has 2 bridgehead atoms. The number of anilines is 1. The summed E-state index contributed by atoms with van der Waals surface area (Å²) >= 11 is 0. The van der Waals surface area contributed by atoms with E-state index in [2.05, 4.69) is 12.2 Å². The lowest BCUT2D eigenvalue weighted by atomic mass is 9.63. The molecule has 1 aromatic rings. The van der Waals surface area contributed by atoms with E-state index in [1.165, 1.54) is 12.1 Å². The third-order valence-electron chi connectivity index (χ3n) is 5.83. The van der Waals surface area contributed by atoms with E-state index in [-0.39, 0.29) is 46.9 Å². The summed E-state index contributed by atoms with van der Waals surface area (Å²) in [5, 5.41) is 9.31. The summed E-state index contributed by atoms with van der Waals surface area (Å²) in [6, 6.07) is 3.53. The average Bonchev–Trinajstić information content (AvgIpc) is 3.26. The van der Waals surface area contributed by atoms with Crippen LogP contribution in [0, 0.1) is 41.3 Å². The number of hydrogen-bond donors (Lipinski definition) is 1. The van der Waals surface area contributed by atoms with Gasteiger partial charge in [-0.05, 0) is 42.2 Å². The number of aromatic hydroxyl groups is 1. The number of phenols is 1. The van der Waals surface area contributed by atoms with Crippen LogP contribution in [0.1, 0.15) is 6.42 Å². The van der Waals surface area contributed by atoms with E-state index in [1.807, 2.05) is 0 Å². The Hall–Kier alpha value is -2.17. The minimum absolute atomic E-state index is 0.0460. The Bertz CT molecular complexity index is 722. The Morgan fingerprint density at radius 3 is 2.18 bits per heavy atom. The van der Waals surface area contributed by atoms with E-state index in [0.717, 1.165) is 17.4 Å². The minimum Gasteiger partial charge on any atom is -0.508 e. The monoisotopic (exact) mass is 299 g/mol. The van der Waals surface area contributed by atoms with Gasteiger partial charge in [0.15, 0.2) is 5.82 Å². The number of benzene rings is 1. The van der Waals surface area contributed by atoms with Crippen LogP contribution in [0.2, 0.25) is 0 Å². The third-order valence-corrected chi connectivity index (χ3v) is 5.83. The Kier molecular flexibility index (Phi) is 2.12. The smallest absolute Gasteiger partial charge is 0.238 e. The van der Waals surface area contributed by atoms with Crippen molar-refractivity contribution in [3.05, 3.63) is 36.2 Å². The van der Waals surface area contributed by atoms with E-state index < -0.39 is 5.82 Å². The van der Waals surface area contributed by atoms with E-state index >= 15 is 0 Å². The molecule has 5 heteroatoms. The van der Waals surface area contributed by atoms with Crippen LogP contribution >= 0.6 is 0 Å². The van der Waals surface area contributed by atoms with Gasteiger partial charge in [-0.25, -0.2) is 9.29 Å². The van der Waals surface area contributed by atoms with E-state index in [1.54, 1.807) is 0 Å². The predicted octanol–water partition coefficient (Wildman–Crippen LogP) is 2.09. The standard InChI is InChI=1S/C17H14FNO3/c18-12-5-7(20)1-4-13(12)19-16(21)14-8-2-3-9(11-6-10(8)11)15(14)17(19)22/h1-5,8-11,14-15,20H,6H2/t8-,9+,10?,11?,14-,15+. The number of hydrogen-bond acceptors (Lipinski definition) is 3. The number of carbonyl (C=O) groups is 2. The molecule has 1 saturated heterocycles. The van der Waals surface area contributed by atoms with Crippen molar-refractivity contribution in [2.75, 3.05) is 4.90 Å². The fraction of sp³-hybridized carbons (Fsp3) is 0.412. The molecule has 0 aromatic heterocycles. The van der Waals surface area contributed by atoms with Crippen molar-refractivity contribution < 1.29 is 19.1 Å². The Labute approximate surface area is 126 Å². The number of amides is 2. The van der Waals surface area contributed by atoms with Gasteiger partial charge in [-0.1, -0.05) is 12.2 Å². The maximum atomic E-state index is 14.1. The zero-order valence-corrected chi connectivity index (χ0v) is 11.6. The van der Waals surface area contributed by atoms with Crippen LogP contribution in [0.25, 0.3) is 0 Å². The number of nitrogens with zero attached hydrogens (tertiary/aromatic N) is 1. The van der Waals surface area contributed by atoms with Crippen LogP contribution in [0.3, 0.4) is 0 Å². The molecule has 0 radical (unpaired) electrons. The zero-order valence-electron chi connectivity index (χ0n) is 11.6. The first-order valence-electron chi connectivity index (χ1n) is 7.62. The Balaban J connectivity index is 1.60.